The van der Waals surface area contributed by atoms with Gasteiger partial charge in [0.05, 0.1) is 11.0 Å². The van der Waals surface area contributed by atoms with Crippen LogP contribution in [0.1, 0.15) is 17.2 Å². The Balaban J connectivity index is 2.21. The first-order valence-electron chi connectivity index (χ1n) is 5.19. The average molecular weight is 239 g/mol. The van der Waals surface area contributed by atoms with Gasteiger partial charge >= 0.3 is 0 Å². The largest absolute Gasteiger partial charge is 0.454 e. The Morgan fingerprint density at radius 3 is 3.19 bits per heavy atom. The van der Waals surface area contributed by atoms with Gasteiger partial charge in [0.25, 0.3) is 0 Å². The molecule has 2 heterocycles. The lowest BCUT2D eigenvalue weighted by Gasteiger charge is -2.25. The fourth-order valence-corrected chi connectivity index (χ4v) is 2.99. The summed E-state index contributed by atoms with van der Waals surface area (Å²) in [7, 11) is 0. The highest BCUT2D eigenvalue weighted by Gasteiger charge is 2.28. The van der Waals surface area contributed by atoms with Crippen LogP contribution in [0.3, 0.4) is 0 Å². The van der Waals surface area contributed by atoms with E-state index in [0.29, 0.717) is 6.54 Å². The van der Waals surface area contributed by atoms with Crippen molar-refractivity contribution in [2.45, 2.75) is 17.5 Å². The molecule has 86 valence electrons. The van der Waals surface area contributed by atoms with Crippen molar-refractivity contribution in [1.29, 1.82) is 0 Å². The van der Waals surface area contributed by atoms with Crippen molar-refractivity contribution in [3.63, 3.8) is 0 Å². The first-order chi connectivity index (χ1) is 7.81. The molecule has 0 amide bonds. The number of rotatable bonds is 1. The van der Waals surface area contributed by atoms with E-state index in [1.54, 1.807) is 11.8 Å². The Labute approximate surface area is 97.9 Å². The van der Waals surface area contributed by atoms with Crippen molar-refractivity contribution >= 4 is 11.8 Å². The number of hydrogen-bond acceptors (Lipinski definition) is 5. The van der Waals surface area contributed by atoms with E-state index in [9.17, 15) is 5.11 Å². The molecule has 16 heavy (non-hydrogen) atoms. The molecule has 0 fully saturated rings. The van der Waals surface area contributed by atoms with Crippen molar-refractivity contribution < 1.29 is 14.6 Å². The summed E-state index contributed by atoms with van der Waals surface area (Å²) in [6, 6.07) is 1.91. The van der Waals surface area contributed by atoms with Gasteiger partial charge in [-0.15, -0.1) is 11.8 Å². The van der Waals surface area contributed by atoms with Crippen LogP contribution in [0.25, 0.3) is 0 Å². The highest BCUT2D eigenvalue weighted by molar-refractivity contribution is 7.98. The highest BCUT2D eigenvalue weighted by Crippen LogP contribution is 2.46. The molecule has 2 N–H and O–H groups in total. The molecule has 2 aliphatic rings. The van der Waals surface area contributed by atoms with Gasteiger partial charge in [-0.05, 0) is 23.4 Å². The minimum absolute atomic E-state index is 0.273. The second-order valence-electron chi connectivity index (χ2n) is 3.86. The third kappa shape index (κ3) is 1.39. The maximum absolute atomic E-state index is 9.94. The van der Waals surface area contributed by atoms with E-state index >= 15 is 0 Å². The fraction of sp³-hybridized carbons (Fsp3) is 0.455. The molecule has 1 aromatic carbocycles. The first kappa shape index (κ1) is 10.3. The molecule has 0 aromatic heterocycles. The van der Waals surface area contributed by atoms with Crippen LogP contribution in [0, 0.1) is 0 Å². The van der Waals surface area contributed by atoms with Gasteiger partial charge in [-0.3, -0.25) is 0 Å². The SMILES string of the molecule is CSc1c2c(cc3c1OCO3)[C@H](O)CNC2. The van der Waals surface area contributed by atoms with Crippen LogP contribution in [0.2, 0.25) is 0 Å². The number of fused-ring (bicyclic) bond motifs is 2. The number of thioether (sulfide) groups is 1. The molecule has 0 aliphatic carbocycles. The van der Waals surface area contributed by atoms with Crippen molar-refractivity contribution in [3.8, 4) is 11.5 Å². The van der Waals surface area contributed by atoms with Gasteiger partial charge in [0, 0.05) is 13.1 Å². The Morgan fingerprint density at radius 2 is 2.38 bits per heavy atom. The zero-order valence-electron chi connectivity index (χ0n) is 8.95. The maximum atomic E-state index is 9.94. The number of benzene rings is 1. The summed E-state index contributed by atoms with van der Waals surface area (Å²) in [5.74, 6) is 1.58. The van der Waals surface area contributed by atoms with E-state index in [0.717, 1.165) is 34.1 Å². The fourth-order valence-electron chi connectivity index (χ4n) is 2.21. The van der Waals surface area contributed by atoms with Gasteiger partial charge in [0.15, 0.2) is 11.5 Å². The molecular formula is C11H13NO3S. The van der Waals surface area contributed by atoms with Crippen molar-refractivity contribution in [2.24, 2.45) is 0 Å². The predicted molar refractivity (Wildman–Crippen MR) is 61.0 cm³/mol. The summed E-state index contributed by atoms with van der Waals surface area (Å²) in [5.41, 5.74) is 2.10. The van der Waals surface area contributed by atoms with Crippen molar-refractivity contribution in [1.82, 2.24) is 5.32 Å². The second kappa shape index (κ2) is 3.84. The van der Waals surface area contributed by atoms with Gasteiger partial charge in [-0.25, -0.2) is 0 Å². The minimum Gasteiger partial charge on any atom is -0.454 e. The van der Waals surface area contributed by atoms with Crippen LogP contribution in [0.4, 0.5) is 0 Å². The molecule has 5 heteroatoms. The third-order valence-corrected chi connectivity index (χ3v) is 3.80. The number of ether oxygens (including phenoxy) is 2. The minimum atomic E-state index is -0.454. The van der Waals surface area contributed by atoms with E-state index < -0.39 is 6.10 Å². The molecule has 0 saturated carbocycles. The monoisotopic (exact) mass is 239 g/mol. The van der Waals surface area contributed by atoms with Gasteiger partial charge in [0.1, 0.15) is 0 Å². The summed E-state index contributed by atoms with van der Waals surface area (Å²) in [4.78, 5) is 1.08. The lowest BCUT2D eigenvalue weighted by Crippen LogP contribution is -2.28. The van der Waals surface area contributed by atoms with E-state index in [1.165, 1.54) is 0 Å². The zero-order valence-corrected chi connectivity index (χ0v) is 9.76. The van der Waals surface area contributed by atoms with Gasteiger partial charge in [0.2, 0.25) is 6.79 Å². The van der Waals surface area contributed by atoms with Crippen LogP contribution < -0.4 is 14.8 Å². The first-order valence-corrected chi connectivity index (χ1v) is 6.42. The van der Waals surface area contributed by atoms with Crippen LogP contribution >= 0.6 is 11.8 Å². The molecule has 1 aromatic rings. The molecule has 0 spiro atoms. The normalized spacial score (nSPS) is 22.0. The van der Waals surface area contributed by atoms with E-state index in [2.05, 4.69) is 5.32 Å². The molecule has 4 nitrogen and oxygen atoms in total. The van der Waals surface area contributed by atoms with Gasteiger partial charge in [-0.2, -0.15) is 0 Å². The number of aliphatic hydroxyl groups excluding tert-OH is 1. The zero-order chi connectivity index (χ0) is 11.1. The molecule has 2 aliphatic heterocycles. The van der Waals surface area contributed by atoms with Gasteiger partial charge < -0.3 is 19.9 Å². The van der Waals surface area contributed by atoms with Crippen LogP contribution in [0.15, 0.2) is 11.0 Å². The lowest BCUT2D eigenvalue weighted by molar-refractivity contribution is 0.163. The van der Waals surface area contributed by atoms with Gasteiger partial charge in [-0.1, -0.05) is 0 Å². The molecule has 3 rings (SSSR count). The van der Waals surface area contributed by atoms with Crippen LogP contribution in [0.5, 0.6) is 11.5 Å². The smallest absolute Gasteiger partial charge is 0.231 e. The average Bonchev–Trinajstić information content (AvgIpc) is 2.75. The van der Waals surface area contributed by atoms with Crippen molar-refractivity contribution in [3.05, 3.63) is 17.2 Å². The lowest BCUT2D eigenvalue weighted by atomic mass is 9.98. The molecule has 0 saturated heterocycles. The van der Waals surface area contributed by atoms with Crippen molar-refractivity contribution in [2.75, 3.05) is 19.6 Å². The Kier molecular flexibility index (Phi) is 2.46. The van der Waals surface area contributed by atoms with E-state index in [4.69, 9.17) is 9.47 Å². The molecule has 0 radical (unpaired) electrons. The van der Waals surface area contributed by atoms with Crippen LogP contribution in [-0.4, -0.2) is 24.7 Å². The number of aliphatic hydroxyl groups is 1. The Hall–Kier alpha value is -0.910. The molecular weight excluding hydrogens is 226 g/mol. The Bertz CT molecular complexity index is 436. The number of β-amino-alcohol motifs (C(OH)–C–C–N with tert-alkyl or cyclic N) is 1. The molecule has 1 atom stereocenters. The van der Waals surface area contributed by atoms with E-state index in [1.807, 2.05) is 12.3 Å². The highest BCUT2D eigenvalue weighted by atomic mass is 32.2. The summed E-state index contributed by atoms with van der Waals surface area (Å²) in [6.07, 6.45) is 1.56. The predicted octanol–water partition coefficient (Wildman–Crippen LogP) is 1.27. The Morgan fingerprint density at radius 1 is 1.50 bits per heavy atom. The third-order valence-electron chi connectivity index (χ3n) is 2.96. The summed E-state index contributed by atoms with van der Waals surface area (Å²) in [6.45, 7) is 1.65. The standard InChI is InChI=1S/C11H13NO3S/c1-16-11-7-3-12-4-8(13)6(7)2-9-10(11)15-5-14-9/h2,8,12-13H,3-5H2,1H3/t8-/m1/s1. The molecule has 0 bridgehead atoms. The maximum Gasteiger partial charge on any atom is 0.231 e. The quantitative estimate of drug-likeness (QED) is 0.723. The van der Waals surface area contributed by atoms with E-state index in [-0.39, 0.29) is 6.79 Å². The topological polar surface area (TPSA) is 50.7 Å². The second-order valence-corrected chi connectivity index (χ2v) is 4.67. The van der Waals surface area contributed by atoms with Crippen LogP contribution in [-0.2, 0) is 6.54 Å². The number of nitrogens with one attached hydrogen (secondary N) is 1. The number of hydrogen-bond donors (Lipinski definition) is 2. The summed E-state index contributed by atoms with van der Waals surface area (Å²) in [5, 5.41) is 13.1. The molecule has 0 unspecified atom stereocenters. The summed E-state index contributed by atoms with van der Waals surface area (Å²) < 4.78 is 10.9. The summed E-state index contributed by atoms with van der Waals surface area (Å²) >= 11 is 1.63.